The molecule has 0 fully saturated rings. The smallest absolute Gasteiger partial charge is 0.0553 e. The highest BCUT2D eigenvalue weighted by Gasteiger charge is 2.05. The minimum Gasteiger partial charge on any atom is -0.393 e. The maximum Gasteiger partial charge on any atom is 0.0553 e. The molecule has 1 atom stereocenters. The van der Waals surface area contributed by atoms with E-state index in [0.29, 0.717) is 6.42 Å². The predicted molar refractivity (Wildman–Crippen MR) is 51.6 cm³/mol. The first-order chi connectivity index (χ1) is 5.61. The van der Waals surface area contributed by atoms with Crippen molar-refractivity contribution in [2.24, 2.45) is 0 Å². The molecule has 66 valence electrons. The second kappa shape index (κ2) is 3.92. The lowest BCUT2D eigenvalue weighted by Crippen LogP contribution is -2.06. The zero-order valence-electron chi connectivity index (χ0n) is 7.34. The van der Waals surface area contributed by atoms with E-state index < -0.39 is 0 Å². The summed E-state index contributed by atoms with van der Waals surface area (Å²) >= 11 is 5.96. The highest BCUT2D eigenvalue weighted by molar-refractivity contribution is 6.31. The Bertz CT molecular complexity index is 248. The molecule has 0 saturated carbocycles. The van der Waals surface area contributed by atoms with Crippen molar-refractivity contribution in [2.75, 3.05) is 0 Å². The van der Waals surface area contributed by atoms with Crippen molar-refractivity contribution in [2.45, 2.75) is 26.4 Å². The minimum absolute atomic E-state index is 0.330. The maximum absolute atomic E-state index is 9.20. The summed E-state index contributed by atoms with van der Waals surface area (Å²) in [6, 6.07) is 5.78. The number of benzene rings is 1. The summed E-state index contributed by atoms with van der Waals surface area (Å²) in [5, 5.41) is 9.94. The highest BCUT2D eigenvalue weighted by atomic mass is 35.5. The first-order valence-electron chi connectivity index (χ1n) is 4.03. The summed E-state index contributed by atoms with van der Waals surface area (Å²) in [5.41, 5.74) is 2.19. The second-order valence-electron chi connectivity index (χ2n) is 3.09. The van der Waals surface area contributed by atoms with Crippen LogP contribution < -0.4 is 0 Å². The molecule has 0 saturated heterocycles. The van der Waals surface area contributed by atoms with Crippen LogP contribution in [0.4, 0.5) is 0 Å². The van der Waals surface area contributed by atoms with E-state index in [-0.39, 0.29) is 6.10 Å². The fourth-order valence-electron chi connectivity index (χ4n) is 1.22. The van der Waals surface area contributed by atoms with Gasteiger partial charge >= 0.3 is 0 Å². The lowest BCUT2D eigenvalue weighted by molar-refractivity contribution is 0.195. The zero-order valence-corrected chi connectivity index (χ0v) is 8.10. The van der Waals surface area contributed by atoms with Crippen LogP contribution in [0.1, 0.15) is 18.1 Å². The van der Waals surface area contributed by atoms with Crippen LogP contribution >= 0.6 is 11.6 Å². The van der Waals surface area contributed by atoms with Crippen LogP contribution in [0.15, 0.2) is 18.2 Å². The molecule has 0 aromatic heterocycles. The summed E-state index contributed by atoms with van der Waals surface area (Å²) in [4.78, 5) is 0. The predicted octanol–water partition coefficient (Wildman–Crippen LogP) is 2.57. The van der Waals surface area contributed by atoms with Crippen LogP contribution in [0.25, 0.3) is 0 Å². The Morgan fingerprint density at radius 1 is 1.50 bits per heavy atom. The lowest BCUT2D eigenvalue weighted by atomic mass is 10.0. The molecule has 1 nitrogen and oxygen atoms in total. The van der Waals surface area contributed by atoms with Gasteiger partial charge in [-0.1, -0.05) is 23.7 Å². The van der Waals surface area contributed by atoms with Crippen LogP contribution in [0.5, 0.6) is 0 Å². The van der Waals surface area contributed by atoms with Crippen LogP contribution in [0.2, 0.25) is 5.02 Å². The van der Waals surface area contributed by atoms with Crippen LogP contribution in [0.3, 0.4) is 0 Å². The summed E-state index contributed by atoms with van der Waals surface area (Å²) in [7, 11) is 0. The molecule has 0 bridgehead atoms. The van der Waals surface area contributed by atoms with Gasteiger partial charge in [0, 0.05) is 5.02 Å². The SMILES string of the molecule is Cc1cccc(Cl)c1C[C@H](C)O. The number of hydrogen-bond donors (Lipinski definition) is 1. The third-order valence-electron chi connectivity index (χ3n) is 1.85. The summed E-state index contributed by atoms with van der Waals surface area (Å²) < 4.78 is 0. The Kier molecular flexibility index (Phi) is 3.12. The van der Waals surface area contributed by atoms with E-state index in [4.69, 9.17) is 11.6 Å². The highest BCUT2D eigenvalue weighted by Crippen LogP contribution is 2.20. The largest absolute Gasteiger partial charge is 0.393 e. The molecule has 12 heavy (non-hydrogen) atoms. The van der Waals surface area contributed by atoms with Gasteiger partial charge in [0.05, 0.1) is 6.10 Å². The van der Waals surface area contributed by atoms with Crippen LogP contribution in [-0.2, 0) is 6.42 Å². The van der Waals surface area contributed by atoms with Crippen molar-refractivity contribution in [1.29, 1.82) is 0 Å². The molecule has 0 unspecified atom stereocenters. The standard InChI is InChI=1S/C10H13ClO/c1-7-4-3-5-10(11)9(7)6-8(2)12/h3-5,8,12H,6H2,1-2H3/t8-/m0/s1. The van der Waals surface area contributed by atoms with Gasteiger partial charge in [-0.2, -0.15) is 0 Å². The Morgan fingerprint density at radius 2 is 2.17 bits per heavy atom. The number of halogens is 1. The molecule has 0 spiro atoms. The Morgan fingerprint density at radius 3 is 2.67 bits per heavy atom. The van der Waals surface area contributed by atoms with E-state index >= 15 is 0 Å². The van der Waals surface area contributed by atoms with Gasteiger partial charge in [-0.05, 0) is 37.5 Å². The third kappa shape index (κ3) is 2.23. The number of aliphatic hydroxyl groups is 1. The number of aryl methyl sites for hydroxylation is 1. The molecule has 2 heteroatoms. The van der Waals surface area contributed by atoms with E-state index in [1.54, 1.807) is 6.92 Å². The first-order valence-corrected chi connectivity index (χ1v) is 4.41. The third-order valence-corrected chi connectivity index (χ3v) is 2.21. The average molecular weight is 185 g/mol. The Hall–Kier alpha value is -0.530. The molecule has 1 rings (SSSR count). The van der Waals surface area contributed by atoms with E-state index in [2.05, 4.69) is 0 Å². The molecule has 1 aromatic carbocycles. The monoisotopic (exact) mass is 184 g/mol. The fourth-order valence-corrected chi connectivity index (χ4v) is 1.52. The van der Waals surface area contributed by atoms with Gasteiger partial charge in [0.1, 0.15) is 0 Å². The molecule has 0 aliphatic heterocycles. The molecule has 0 radical (unpaired) electrons. The number of rotatable bonds is 2. The summed E-state index contributed by atoms with van der Waals surface area (Å²) in [6.07, 6.45) is 0.300. The molecule has 0 amide bonds. The fraction of sp³-hybridized carbons (Fsp3) is 0.400. The quantitative estimate of drug-likeness (QED) is 0.749. The molecule has 0 aliphatic rings. The molecule has 1 aromatic rings. The van der Waals surface area contributed by atoms with Gasteiger partial charge in [-0.25, -0.2) is 0 Å². The van der Waals surface area contributed by atoms with Gasteiger partial charge in [-0.15, -0.1) is 0 Å². The zero-order chi connectivity index (χ0) is 9.14. The van der Waals surface area contributed by atoms with Gasteiger partial charge in [0.25, 0.3) is 0 Å². The van der Waals surface area contributed by atoms with E-state index in [0.717, 1.165) is 16.1 Å². The number of hydrogen-bond acceptors (Lipinski definition) is 1. The maximum atomic E-state index is 9.20. The lowest BCUT2D eigenvalue weighted by Gasteiger charge is -2.09. The Labute approximate surface area is 78.0 Å². The van der Waals surface area contributed by atoms with Crippen molar-refractivity contribution >= 4 is 11.6 Å². The van der Waals surface area contributed by atoms with Gasteiger partial charge in [0.15, 0.2) is 0 Å². The van der Waals surface area contributed by atoms with Crippen molar-refractivity contribution in [3.05, 3.63) is 34.3 Å². The van der Waals surface area contributed by atoms with Crippen molar-refractivity contribution < 1.29 is 5.11 Å². The van der Waals surface area contributed by atoms with Crippen molar-refractivity contribution in [3.8, 4) is 0 Å². The first kappa shape index (κ1) is 9.56. The second-order valence-corrected chi connectivity index (χ2v) is 3.50. The van der Waals surface area contributed by atoms with Gasteiger partial charge < -0.3 is 5.11 Å². The normalized spacial score (nSPS) is 13.0. The molecular weight excluding hydrogens is 172 g/mol. The van der Waals surface area contributed by atoms with E-state index in [9.17, 15) is 5.11 Å². The minimum atomic E-state index is -0.330. The number of aliphatic hydroxyl groups excluding tert-OH is 1. The van der Waals surface area contributed by atoms with E-state index in [1.807, 2.05) is 25.1 Å². The molecular formula is C10H13ClO. The molecule has 1 N–H and O–H groups in total. The average Bonchev–Trinajstić information content (AvgIpc) is 1.97. The van der Waals surface area contributed by atoms with Crippen molar-refractivity contribution in [1.82, 2.24) is 0 Å². The van der Waals surface area contributed by atoms with Gasteiger partial charge in [0.2, 0.25) is 0 Å². The molecule has 0 aliphatic carbocycles. The Balaban J connectivity index is 2.96. The van der Waals surface area contributed by atoms with E-state index in [1.165, 1.54) is 0 Å². The topological polar surface area (TPSA) is 20.2 Å². The van der Waals surface area contributed by atoms with Crippen molar-refractivity contribution in [3.63, 3.8) is 0 Å². The summed E-state index contributed by atoms with van der Waals surface area (Å²) in [6.45, 7) is 3.77. The van der Waals surface area contributed by atoms with Gasteiger partial charge in [-0.3, -0.25) is 0 Å². The summed E-state index contributed by atoms with van der Waals surface area (Å²) in [5.74, 6) is 0. The van der Waals surface area contributed by atoms with Crippen LogP contribution in [-0.4, -0.2) is 11.2 Å². The molecule has 0 heterocycles. The van der Waals surface area contributed by atoms with Crippen LogP contribution in [0, 0.1) is 6.92 Å².